The number of carbonyl (C=O) groups excluding carboxylic acids is 1. The van der Waals surface area contributed by atoms with Gasteiger partial charge in [0.25, 0.3) is 0 Å². The van der Waals surface area contributed by atoms with Gasteiger partial charge in [-0.3, -0.25) is 4.79 Å². The average molecular weight is 397 g/mol. The second kappa shape index (κ2) is 8.61. The van der Waals surface area contributed by atoms with Crippen molar-refractivity contribution in [2.45, 2.75) is 24.8 Å². The SMILES string of the molecule is CCOc1cccc(C2SCC(=O)N2C(Cc2ccccc2)C2=COCO2)c1. The van der Waals surface area contributed by atoms with Crippen molar-refractivity contribution in [1.82, 2.24) is 4.90 Å². The number of carbonyl (C=O) groups is 1. The van der Waals surface area contributed by atoms with Crippen LogP contribution in [0.2, 0.25) is 0 Å². The molecule has 2 heterocycles. The fourth-order valence-electron chi connectivity index (χ4n) is 3.55. The highest BCUT2D eigenvalue weighted by atomic mass is 32.2. The molecule has 0 saturated carbocycles. The summed E-state index contributed by atoms with van der Waals surface area (Å²) in [7, 11) is 0. The summed E-state index contributed by atoms with van der Waals surface area (Å²) in [4.78, 5) is 14.8. The van der Waals surface area contributed by atoms with Crippen LogP contribution < -0.4 is 4.74 Å². The molecule has 1 fully saturated rings. The minimum atomic E-state index is -0.215. The van der Waals surface area contributed by atoms with Crippen molar-refractivity contribution in [3.63, 3.8) is 0 Å². The van der Waals surface area contributed by atoms with E-state index in [0.29, 0.717) is 24.5 Å². The lowest BCUT2D eigenvalue weighted by molar-refractivity contribution is -0.130. The lowest BCUT2D eigenvalue weighted by atomic mass is 10.0. The van der Waals surface area contributed by atoms with E-state index >= 15 is 0 Å². The van der Waals surface area contributed by atoms with E-state index in [1.807, 2.05) is 54.3 Å². The van der Waals surface area contributed by atoms with Gasteiger partial charge in [-0.2, -0.15) is 0 Å². The first-order valence-corrected chi connectivity index (χ1v) is 10.4. The Bertz CT molecular complexity index is 855. The molecule has 146 valence electrons. The number of hydrogen-bond acceptors (Lipinski definition) is 5. The van der Waals surface area contributed by atoms with Gasteiger partial charge in [-0.15, -0.1) is 11.8 Å². The standard InChI is InChI=1S/C22H23NO4S/c1-2-26-18-10-6-9-17(12-18)22-23(21(24)14-28-22)19(20-13-25-15-27-20)11-16-7-4-3-5-8-16/h3-10,12-13,19,22H,2,11,14-15H2,1H3. The summed E-state index contributed by atoms with van der Waals surface area (Å²) in [5, 5.41) is -0.0910. The maximum atomic E-state index is 12.9. The van der Waals surface area contributed by atoms with Crippen molar-refractivity contribution >= 4 is 17.7 Å². The first-order chi connectivity index (χ1) is 13.8. The van der Waals surface area contributed by atoms with Crippen molar-refractivity contribution in [2.24, 2.45) is 0 Å². The summed E-state index contributed by atoms with van der Waals surface area (Å²) in [5.41, 5.74) is 2.20. The Kier molecular flexibility index (Phi) is 5.76. The highest BCUT2D eigenvalue weighted by Gasteiger charge is 2.41. The summed E-state index contributed by atoms with van der Waals surface area (Å²) in [6.45, 7) is 2.77. The van der Waals surface area contributed by atoms with Gasteiger partial charge in [0.2, 0.25) is 12.7 Å². The minimum Gasteiger partial charge on any atom is -0.494 e. The molecule has 0 spiro atoms. The summed E-state index contributed by atoms with van der Waals surface area (Å²) >= 11 is 1.63. The number of benzene rings is 2. The van der Waals surface area contributed by atoms with Crippen molar-refractivity contribution in [3.8, 4) is 5.75 Å². The molecule has 2 atom stereocenters. The molecule has 2 aliphatic heterocycles. The maximum Gasteiger partial charge on any atom is 0.234 e. The summed E-state index contributed by atoms with van der Waals surface area (Å²) in [6, 6.07) is 17.9. The van der Waals surface area contributed by atoms with E-state index in [2.05, 4.69) is 12.1 Å². The molecule has 2 unspecified atom stereocenters. The Balaban J connectivity index is 1.66. The zero-order valence-corrected chi connectivity index (χ0v) is 16.6. The quantitative estimate of drug-likeness (QED) is 0.704. The first-order valence-electron chi connectivity index (χ1n) is 9.40. The zero-order chi connectivity index (χ0) is 19.3. The fourth-order valence-corrected chi connectivity index (χ4v) is 4.77. The Morgan fingerprint density at radius 1 is 1.21 bits per heavy atom. The van der Waals surface area contributed by atoms with Gasteiger partial charge in [-0.25, -0.2) is 0 Å². The molecule has 0 aromatic heterocycles. The van der Waals surface area contributed by atoms with E-state index in [4.69, 9.17) is 14.2 Å². The van der Waals surface area contributed by atoms with Gasteiger partial charge in [-0.1, -0.05) is 42.5 Å². The Hall–Kier alpha value is -2.60. The van der Waals surface area contributed by atoms with Crippen LogP contribution in [-0.4, -0.2) is 36.0 Å². The van der Waals surface area contributed by atoms with Crippen LogP contribution in [0.4, 0.5) is 0 Å². The summed E-state index contributed by atoms with van der Waals surface area (Å²) in [6.07, 6.45) is 2.31. The minimum absolute atomic E-state index is 0.0910. The lowest BCUT2D eigenvalue weighted by Crippen LogP contribution is -2.41. The van der Waals surface area contributed by atoms with Crippen LogP contribution in [-0.2, 0) is 20.7 Å². The van der Waals surface area contributed by atoms with E-state index in [1.165, 1.54) is 0 Å². The Labute approximate surface area is 169 Å². The van der Waals surface area contributed by atoms with Gasteiger partial charge in [-0.05, 0) is 30.2 Å². The molecule has 28 heavy (non-hydrogen) atoms. The predicted octanol–water partition coefficient (Wildman–Crippen LogP) is 4.12. The Morgan fingerprint density at radius 3 is 2.82 bits per heavy atom. The third-order valence-corrected chi connectivity index (χ3v) is 6.02. The highest BCUT2D eigenvalue weighted by Crippen LogP contribution is 2.43. The van der Waals surface area contributed by atoms with Gasteiger partial charge in [0.05, 0.1) is 18.4 Å². The number of nitrogens with zero attached hydrogens (tertiary/aromatic N) is 1. The monoisotopic (exact) mass is 397 g/mol. The maximum absolute atomic E-state index is 12.9. The fraction of sp³-hybridized carbons (Fsp3) is 0.318. The molecule has 2 aliphatic rings. The molecular formula is C22H23NO4S. The number of rotatable bonds is 7. The molecule has 0 bridgehead atoms. The molecule has 1 saturated heterocycles. The van der Waals surface area contributed by atoms with Crippen molar-refractivity contribution < 1.29 is 19.0 Å². The molecule has 5 nitrogen and oxygen atoms in total. The number of thioether (sulfide) groups is 1. The van der Waals surface area contributed by atoms with Crippen LogP contribution in [0, 0.1) is 0 Å². The second-order valence-corrected chi connectivity index (χ2v) is 7.69. The number of hydrogen-bond donors (Lipinski definition) is 0. The lowest BCUT2D eigenvalue weighted by Gasteiger charge is -2.32. The topological polar surface area (TPSA) is 48.0 Å². The molecule has 0 radical (unpaired) electrons. The van der Waals surface area contributed by atoms with Crippen molar-refractivity contribution in [1.29, 1.82) is 0 Å². The summed E-state index contributed by atoms with van der Waals surface area (Å²) < 4.78 is 16.7. The summed E-state index contributed by atoms with van der Waals surface area (Å²) in [5.74, 6) is 2.07. The average Bonchev–Trinajstić information content (AvgIpc) is 3.38. The number of ether oxygens (including phenoxy) is 3. The smallest absolute Gasteiger partial charge is 0.234 e. The molecule has 2 aromatic rings. The van der Waals surface area contributed by atoms with Crippen molar-refractivity contribution in [2.75, 3.05) is 19.2 Å². The van der Waals surface area contributed by atoms with E-state index in [1.54, 1.807) is 18.0 Å². The van der Waals surface area contributed by atoms with E-state index < -0.39 is 0 Å². The van der Waals surface area contributed by atoms with Gasteiger partial charge in [0, 0.05) is 6.42 Å². The van der Waals surface area contributed by atoms with Gasteiger partial charge >= 0.3 is 0 Å². The predicted molar refractivity (Wildman–Crippen MR) is 109 cm³/mol. The molecule has 6 heteroatoms. The van der Waals surface area contributed by atoms with Crippen LogP contribution in [0.1, 0.15) is 23.4 Å². The van der Waals surface area contributed by atoms with Gasteiger partial charge in [0.1, 0.15) is 17.4 Å². The van der Waals surface area contributed by atoms with E-state index in [-0.39, 0.29) is 24.1 Å². The molecule has 2 aromatic carbocycles. The molecule has 0 aliphatic carbocycles. The van der Waals surface area contributed by atoms with Gasteiger partial charge in [0.15, 0.2) is 5.76 Å². The first kappa shape index (κ1) is 18.7. The zero-order valence-electron chi connectivity index (χ0n) is 15.7. The Morgan fingerprint density at radius 2 is 2.07 bits per heavy atom. The van der Waals surface area contributed by atoms with Crippen LogP contribution in [0.5, 0.6) is 5.75 Å². The molecule has 0 N–H and O–H groups in total. The highest BCUT2D eigenvalue weighted by molar-refractivity contribution is 8.00. The molecular weight excluding hydrogens is 374 g/mol. The largest absolute Gasteiger partial charge is 0.494 e. The van der Waals surface area contributed by atoms with Crippen molar-refractivity contribution in [3.05, 3.63) is 77.7 Å². The molecule has 1 amide bonds. The van der Waals surface area contributed by atoms with E-state index in [9.17, 15) is 4.79 Å². The van der Waals surface area contributed by atoms with E-state index in [0.717, 1.165) is 16.9 Å². The normalized spacial score (nSPS) is 19.8. The third kappa shape index (κ3) is 3.97. The van der Waals surface area contributed by atoms with Crippen LogP contribution in [0.25, 0.3) is 0 Å². The van der Waals surface area contributed by atoms with Crippen LogP contribution >= 0.6 is 11.8 Å². The molecule has 4 rings (SSSR count). The third-order valence-electron chi connectivity index (χ3n) is 4.79. The second-order valence-electron chi connectivity index (χ2n) is 6.62. The van der Waals surface area contributed by atoms with Crippen LogP contribution in [0.3, 0.4) is 0 Å². The van der Waals surface area contributed by atoms with Crippen LogP contribution in [0.15, 0.2) is 66.6 Å². The number of amides is 1. The van der Waals surface area contributed by atoms with Gasteiger partial charge < -0.3 is 19.1 Å².